The molecule has 9 nitrogen and oxygen atoms in total. The number of hydrogen-bond donors (Lipinski definition) is 3. The number of anilines is 1. The van der Waals surface area contributed by atoms with E-state index < -0.39 is 40.7 Å². The molecule has 0 aliphatic rings. The van der Waals surface area contributed by atoms with Crippen molar-refractivity contribution in [2.75, 3.05) is 26.0 Å². The van der Waals surface area contributed by atoms with Gasteiger partial charge in [-0.3, -0.25) is 4.79 Å². The molecule has 0 spiro atoms. The number of aliphatic hydroxyl groups excluding tert-OH is 1. The molecular weight excluding hydrogens is 627 g/mol. The highest BCUT2D eigenvalue weighted by atomic mass is 32.2. The number of nitrogens with zero attached hydrogens (tertiary/aromatic N) is 1. The van der Waals surface area contributed by atoms with E-state index in [1.54, 1.807) is 12.1 Å². The fourth-order valence-electron chi connectivity index (χ4n) is 5.80. The number of nitrogens with two attached hydrogens (primary N) is 1. The Morgan fingerprint density at radius 1 is 0.854 bits per heavy atom. The maximum Gasteiger partial charge on any atom is 0.407 e. The summed E-state index contributed by atoms with van der Waals surface area (Å²) in [5.74, 6) is -0.461. The molecule has 4 rings (SSSR count). The maximum absolute atomic E-state index is 14.1. The van der Waals surface area contributed by atoms with Crippen molar-refractivity contribution in [3.63, 3.8) is 0 Å². The Balaban J connectivity index is 1.63. The summed E-state index contributed by atoms with van der Waals surface area (Å²) in [6.07, 6.45) is 0.125. The number of carbonyl (C=O) groups excluding carboxylic acids is 2. The Morgan fingerprint density at radius 3 is 1.98 bits per heavy atom. The smallest absolute Gasteiger partial charge is 0.407 e. The van der Waals surface area contributed by atoms with Gasteiger partial charge in [0.25, 0.3) is 0 Å². The molecule has 0 aliphatic carbocycles. The van der Waals surface area contributed by atoms with Gasteiger partial charge in [-0.25, -0.2) is 13.2 Å². The van der Waals surface area contributed by atoms with E-state index in [1.807, 2.05) is 98.8 Å². The predicted molar refractivity (Wildman–Crippen MR) is 188 cm³/mol. The summed E-state index contributed by atoms with van der Waals surface area (Å²) in [6, 6.07) is 30.8. The number of sulfonamides is 1. The number of methoxy groups -OCH3 is 1. The van der Waals surface area contributed by atoms with Crippen molar-refractivity contribution < 1.29 is 27.9 Å². The second kappa shape index (κ2) is 17.1. The number of hydrogen-bond acceptors (Lipinski definition) is 7. The summed E-state index contributed by atoms with van der Waals surface area (Å²) in [6.45, 7) is 3.88. The standard InChI is InChI=1S/C38H45N3O6S/c1-27(2)21-22-41(48(45,46)34-19-17-32(39)18-20-34)33(26-42)24-28-11-10-12-29(23-28)25-35(43)37(40-38(44)47-3)36(30-13-6-4-7-14-30)31-15-8-5-9-16-31/h4-20,23,27,33,36-37,42H,21-22,24-26,39H2,1-3H3,(H,40,44)/t33-,37+/m0/s1. The molecule has 10 heteroatoms. The molecule has 4 aromatic rings. The molecule has 0 saturated heterocycles. The van der Waals surface area contributed by atoms with Crippen molar-refractivity contribution in [3.8, 4) is 0 Å². The zero-order chi connectivity index (χ0) is 34.7. The van der Waals surface area contributed by atoms with Crippen LogP contribution in [0.4, 0.5) is 10.5 Å². The van der Waals surface area contributed by atoms with Crippen LogP contribution in [0.2, 0.25) is 0 Å². The lowest BCUT2D eigenvalue weighted by molar-refractivity contribution is -0.120. The quantitative estimate of drug-likeness (QED) is 0.132. The van der Waals surface area contributed by atoms with Gasteiger partial charge in [0.1, 0.15) is 6.04 Å². The molecule has 4 aromatic carbocycles. The average Bonchev–Trinajstić information content (AvgIpc) is 3.08. The van der Waals surface area contributed by atoms with Crippen molar-refractivity contribution in [2.24, 2.45) is 5.92 Å². The van der Waals surface area contributed by atoms with Gasteiger partial charge in [-0.1, -0.05) is 98.8 Å². The van der Waals surface area contributed by atoms with Gasteiger partial charge in [-0.15, -0.1) is 0 Å². The van der Waals surface area contributed by atoms with Gasteiger partial charge in [-0.05, 0) is 65.3 Å². The molecule has 0 bridgehead atoms. The minimum Gasteiger partial charge on any atom is -0.453 e. The highest BCUT2D eigenvalue weighted by molar-refractivity contribution is 7.89. The highest BCUT2D eigenvalue weighted by Gasteiger charge is 2.34. The van der Waals surface area contributed by atoms with E-state index >= 15 is 0 Å². The van der Waals surface area contributed by atoms with Gasteiger partial charge in [-0.2, -0.15) is 4.31 Å². The number of alkyl carbamates (subject to hydrolysis) is 1. The van der Waals surface area contributed by atoms with Gasteiger partial charge in [0.05, 0.1) is 24.7 Å². The van der Waals surface area contributed by atoms with E-state index in [2.05, 4.69) is 5.32 Å². The van der Waals surface area contributed by atoms with Crippen molar-refractivity contribution in [2.45, 2.75) is 56.0 Å². The van der Waals surface area contributed by atoms with Gasteiger partial charge in [0, 0.05) is 24.6 Å². The largest absolute Gasteiger partial charge is 0.453 e. The molecule has 0 aliphatic heterocycles. The minimum atomic E-state index is -3.95. The zero-order valence-corrected chi connectivity index (χ0v) is 28.5. The van der Waals surface area contributed by atoms with Crippen LogP contribution in [0.15, 0.2) is 114 Å². The number of carbonyl (C=O) groups is 2. The fraction of sp³-hybridized carbons (Fsp3) is 0.316. The summed E-state index contributed by atoms with van der Waals surface area (Å²) in [4.78, 5) is 26.8. The number of ether oxygens (including phenoxy) is 1. The van der Waals surface area contributed by atoms with Crippen molar-refractivity contribution >= 4 is 27.6 Å². The Labute approximate surface area is 283 Å². The van der Waals surface area contributed by atoms with E-state index in [9.17, 15) is 23.1 Å². The molecule has 2 atom stereocenters. The van der Waals surface area contributed by atoms with E-state index in [-0.39, 0.29) is 36.0 Å². The third-order valence-corrected chi connectivity index (χ3v) is 10.3. The van der Waals surface area contributed by atoms with Crippen molar-refractivity contribution in [3.05, 3.63) is 131 Å². The van der Waals surface area contributed by atoms with Crippen LogP contribution in [0.25, 0.3) is 0 Å². The summed E-state index contributed by atoms with van der Waals surface area (Å²) >= 11 is 0. The van der Waals surface area contributed by atoms with Crippen LogP contribution < -0.4 is 11.1 Å². The summed E-state index contributed by atoms with van der Waals surface area (Å²) in [5, 5.41) is 13.3. The van der Waals surface area contributed by atoms with Gasteiger partial charge < -0.3 is 20.9 Å². The van der Waals surface area contributed by atoms with E-state index in [4.69, 9.17) is 10.5 Å². The van der Waals surface area contributed by atoms with Crippen LogP contribution in [0.3, 0.4) is 0 Å². The lowest BCUT2D eigenvalue weighted by Gasteiger charge is -2.30. The van der Waals surface area contributed by atoms with E-state index in [1.165, 1.54) is 23.5 Å². The summed E-state index contributed by atoms with van der Waals surface area (Å²) < 4.78 is 33.9. The van der Waals surface area contributed by atoms with Gasteiger partial charge in [0.15, 0.2) is 5.78 Å². The second-order valence-corrected chi connectivity index (χ2v) is 14.2. The molecule has 0 unspecified atom stereocenters. The number of aliphatic hydroxyl groups is 1. The first kappa shape index (κ1) is 36.3. The Morgan fingerprint density at radius 2 is 1.44 bits per heavy atom. The lowest BCUT2D eigenvalue weighted by atomic mass is 9.82. The fourth-order valence-corrected chi connectivity index (χ4v) is 7.43. The van der Waals surface area contributed by atoms with Crippen molar-refractivity contribution in [1.82, 2.24) is 9.62 Å². The molecule has 0 radical (unpaired) electrons. The second-order valence-electron chi connectivity index (χ2n) is 12.3. The maximum atomic E-state index is 14.1. The zero-order valence-electron chi connectivity index (χ0n) is 27.7. The number of Topliss-reactive ketones (excluding diaryl/α,β-unsaturated/α-hetero) is 1. The minimum absolute atomic E-state index is 0.00323. The van der Waals surface area contributed by atoms with Crippen LogP contribution in [0.5, 0.6) is 0 Å². The predicted octanol–water partition coefficient (Wildman–Crippen LogP) is 5.58. The van der Waals surface area contributed by atoms with E-state index in [0.717, 1.165) is 16.7 Å². The molecule has 0 fully saturated rings. The average molecular weight is 672 g/mol. The molecule has 0 aromatic heterocycles. The number of ketones is 1. The number of amides is 1. The Kier molecular flexibility index (Phi) is 12.9. The molecule has 4 N–H and O–H groups in total. The molecule has 0 saturated carbocycles. The first-order chi connectivity index (χ1) is 23.0. The molecular formula is C38H45N3O6S. The first-order valence-corrected chi connectivity index (χ1v) is 17.5. The summed E-state index contributed by atoms with van der Waals surface area (Å²) in [5.41, 5.74) is 9.45. The van der Waals surface area contributed by atoms with Gasteiger partial charge >= 0.3 is 6.09 Å². The first-order valence-electron chi connectivity index (χ1n) is 16.1. The summed E-state index contributed by atoms with van der Waals surface area (Å²) in [7, 11) is -2.69. The molecule has 254 valence electrons. The third kappa shape index (κ3) is 9.53. The Bertz CT molecular complexity index is 1690. The molecule has 1 amide bonds. The van der Waals surface area contributed by atoms with E-state index in [0.29, 0.717) is 17.7 Å². The monoisotopic (exact) mass is 671 g/mol. The highest BCUT2D eigenvalue weighted by Crippen LogP contribution is 2.30. The van der Waals surface area contributed by atoms with Crippen LogP contribution >= 0.6 is 0 Å². The number of nitrogen functional groups attached to an aromatic ring is 1. The number of benzene rings is 4. The lowest BCUT2D eigenvalue weighted by Crippen LogP contribution is -2.46. The van der Waals surface area contributed by atoms with Crippen LogP contribution in [0.1, 0.15) is 48.4 Å². The SMILES string of the molecule is COC(=O)N[C@H](C(=O)Cc1cccc(C[C@@H](CO)N(CCC(C)C)S(=O)(=O)c2ccc(N)cc2)c1)C(c1ccccc1)c1ccccc1. The normalized spacial score (nSPS) is 13.0. The molecule has 0 heterocycles. The number of rotatable bonds is 16. The van der Waals surface area contributed by atoms with Crippen LogP contribution in [-0.4, -0.2) is 62.1 Å². The number of nitrogens with one attached hydrogen (secondary N) is 1. The topological polar surface area (TPSA) is 139 Å². The van der Waals surface area contributed by atoms with Crippen LogP contribution in [-0.2, 0) is 32.4 Å². The van der Waals surface area contributed by atoms with Crippen LogP contribution in [0, 0.1) is 5.92 Å². The third-order valence-electron chi connectivity index (χ3n) is 8.33. The van der Waals surface area contributed by atoms with Crippen molar-refractivity contribution in [1.29, 1.82) is 0 Å². The Hall–Kier alpha value is -4.51. The van der Waals surface area contributed by atoms with Gasteiger partial charge in [0.2, 0.25) is 10.0 Å². The molecule has 48 heavy (non-hydrogen) atoms.